The first-order chi connectivity index (χ1) is 24.5. The van der Waals surface area contributed by atoms with E-state index in [0.29, 0.717) is 46.9 Å². The number of benzene rings is 4. The lowest BCUT2D eigenvalue weighted by Gasteiger charge is -2.21. The standard InChI is InChI=1S/C35H35N7O9/c1-3-48-34-38-30-14-8-13-29(33(43)44)31(30)40(34)19-23-15-17-24(18-16-23)27-11-6-7-12-28(27)32(36)39-41(37)22(2)51-35(45)49-20-25-9-4-5-10-26(25)21-50-42(46)47/h4-18,22H,3,19-21,37H2,1-2H3,(H2,36,39)(H,43,44). The molecule has 5 rings (SSSR count). The van der Waals surface area contributed by atoms with Crippen LogP contribution in [0, 0.1) is 10.1 Å². The molecule has 0 amide bonds. The van der Waals surface area contributed by atoms with Gasteiger partial charge in [0.15, 0.2) is 5.84 Å². The second-order valence-electron chi connectivity index (χ2n) is 11.0. The summed E-state index contributed by atoms with van der Waals surface area (Å²) < 4.78 is 17.9. The van der Waals surface area contributed by atoms with E-state index in [-0.39, 0.29) is 24.6 Å². The number of carbonyl (C=O) groups is 2. The molecule has 0 fully saturated rings. The monoisotopic (exact) mass is 697 g/mol. The molecule has 0 saturated heterocycles. The van der Waals surface area contributed by atoms with Gasteiger partial charge in [0.05, 0.1) is 29.7 Å². The molecule has 264 valence electrons. The molecule has 0 aliphatic carbocycles. The Balaban J connectivity index is 1.27. The van der Waals surface area contributed by atoms with E-state index >= 15 is 0 Å². The smallest absolute Gasteiger partial charge is 0.478 e. The molecule has 16 nitrogen and oxygen atoms in total. The van der Waals surface area contributed by atoms with Crippen LogP contribution in [0.25, 0.3) is 22.2 Å². The fourth-order valence-electron chi connectivity index (χ4n) is 5.24. The first kappa shape index (κ1) is 35.6. The van der Waals surface area contributed by atoms with Gasteiger partial charge in [-0.3, -0.25) is 4.57 Å². The molecule has 0 spiro atoms. The Bertz CT molecular complexity index is 2060. The Morgan fingerprint density at radius 2 is 1.65 bits per heavy atom. The minimum Gasteiger partial charge on any atom is -0.478 e. The number of hydrogen-bond donors (Lipinski definition) is 3. The van der Waals surface area contributed by atoms with Crippen LogP contribution in [0.5, 0.6) is 6.01 Å². The van der Waals surface area contributed by atoms with E-state index in [4.69, 9.17) is 25.8 Å². The van der Waals surface area contributed by atoms with Crippen molar-refractivity contribution in [3.8, 4) is 17.1 Å². The van der Waals surface area contributed by atoms with Crippen LogP contribution in [0.1, 0.15) is 46.5 Å². The van der Waals surface area contributed by atoms with Gasteiger partial charge in [-0.15, -0.1) is 15.2 Å². The molecule has 51 heavy (non-hydrogen) atoms. The van der Waals surface area contributed by atoms with Crippen molar-refractivity contribution in [2.24, 2.45) is 16.7 Å². The SMILES string of the molecule is CCOc1nc2cccc(C(=O)O)c2n1Cc1ccc(-c2ccccc2/C(N)=N/N(N)C(C)OC(=O)OCc2ccccc2CO[N+](=O)[O-])cc1. The van der Waals surface area contributed by atoms with E-state index in [9.17, 15) is 24.8 Å². The molecule has 0 aliphatic heterocycles. The summed E-state index contributed by atoms with van der Waals surface area (Å²) in [5.74, 6) is 5.07. The number of carboxylic acid groups (broad SMARTS) is 1. The molecule has 16 heteroatoms. The quantitative estimate of drug-likeness (QED) is 0.0248. The fraction of sp³-hybridized carbons (Fsp3) is 0.200. The molecule has 1 aromatic heterocycles. The topological polar surface area (TPSA) is 220 Å². The second-order valence-corrected chi connectivity index (χ2v) is 11.0. The van der Waals surface area contributed by atoms with Crippen LogP contribution in [-0.4, -0.2) is 55.7 Å². The van der Waals surface area contributed by atoms with Gasteiger partial charge in [0.25, 0.3) is 11.1 Å². The van der Waals surface area contributed by atoms with E-state index in [1.165, 1.54) is 13.0 Å². The van der Waals surface area contributed by atoms with Gasteiger partial charge in [0, 0.05) is 5.56 Å². The number of aromatic carboxylic acids is 1. The van der Waals surface area contributed by atoms with Crippen molar-refractivity contribution in [1.82, 2.24) is 14.7 Å². The molecule has 0 bridgehead atoms. The molecule has 0 aliphatic rings. The van der Waals surface area contributed by atoms with Crippen LogP contribution < -0.4 is 16.3 Å². The summed E-state index contributed by atoms with van der Waals surface area (Å²) in [5.41, 5.74) is 11.5. The highest BCUT2D eigenvalue weighted by Crippen LogP contribution is 2.28. The molecule has 0 saturated carbocycles. The Morgan fingerprint density at radius 1 is 0.980 bits per heavy atom. The molecule has 5 aromatic rings. The van der Waals surface area contributed by atoms with Gasteiger partial charge >= 0.3 is 12.1 Å². The molecule has 1 heterocycles. The van der Waals surface area contributed by atoms with E-state index in [1.807, 2.05) is 43.3 Å². The number of hydrazine groups is 1. The van der Waals surface area contributed by atoms with Crippen molar-refractivity contribution < 1.29 is 38.8 Å². The van der Waals surface area contributed by atoms with Gasteiger partial charge < -0.3 is 29.9 Å². The molecule has 0 radical (unpaired) electrons. The zero-order valence-electron chi connectivity index (χ0n) is 27.7. The minimum absolute atomic E-state index is 0.0492. The number of nitrogens with zero attached hydrogens (tertiary/aromatic N) is 5. The van der Waals surface area contributed by atoms with E-state index in [0.717, 1.165) is 21.8 Å². The number of hydrazone groups is 1. The van der Waals surface area contributed by atoms with Crippen LogP contribution in [0.2, 0.25) is 0 Å². The number of rotatable bonds is 15. The largest absolute Gasteiger partial charge is 0.510 e. The number of ether oxygens (including phenoxy) is 3. The molecular weight excluding hydrogens is 662 g/mol. The maximum atomic E-state index is 12.4. The summed E-state index contributed by atoms with van der Waals surface area (Å²) in [6.07, 6.45) is -2.13. The van der Waals surface area contributed by atoms with Crippen molar-refractivity contribution in [3.63, 3.8) is 0 Å². The summed E-state index contributed by atoms with van der Waals surface area (Å²) >= 11 is 0. The van der Waals surface area contributed by atoms with Crippen LogP contribution in [0.4, 0.5) is 4.79 Å². The number of para-hydroxylation sites is 1. The number of nitrogens with two attached hydrogens (primary N) is 2. The summed E-state index contributed by atoms with van der Waals surface area (Å²) in [5, 5.41) is 24.6. The van der Waals surface area contributed by atoms with Crippen molar-refractivity contribution in [3.05, 3.63) is 129 Å². The Hall–Kier alpha value is -6.68. The third-order valence-electron chi connectivity index (χ3n) is 7.70. The van der Waals surface area contributed by atoms with Crippen LogP contribution in [0.15, 0.2) is 96.1 Å². The van der Waals surface area contributed by atoms with Gasteiger partial charge in [0.1, 0.15) is 13.2 Å². The first-order valence-corrected chi connectivity index (χ1v) is 15.6. The Labute approximate surface area is 291 Å². The number of carbonyl (C=O) groups excluding carboxylic acids is 1. The summed E-state index contributed by atoms with van der Waals surface area (Å²) in [4.78, 5) is 43.9. The number of imidazole rings is 1. The maximum Gasteiger partial charge on any atom is 0.510 e. The van der Waals surface area contributed by atoms with Gasteiger partial charge in [-0.2, -0.15) is 10.1 Å². The number of hydrogen-bond acceptors (Lipinski definition) is 12. The number of amidine groups is 1. The van der Waals surface area contributed by atoms with Crippen molar-refractivity contribution in [2.75, 3.05) is 6.61 Å². The first-order valence-electron chi connectivity index (χ1n) is 15.6. The lowest BCUT2D eigenvalue weighted by atomic mass is 9.98. The molecule has 1 unspecified atom stereocenters. The average Bonchev–Trinajstić information content (AvgIpc) is 3.47. The van der Waals surface area contributed by atoms with Gasteiger partial charge in [0.2, 0.25) is 6.23 Å². The van der Waals surface area contributed by atoms with Gasteiger partial charge in [-0.05, 0) is 53.8 Å². The predicted molar refractivity (Wildman–Crippen MR) is 185 cm³/mol. The zero-order valence-corrected chi connectivity index (χ0v) is 27.7. The number of fused-ring (bicyclic) bond motifs is 1. The lowest BCUT2D eigenvalue weighted by molar-refractivity contribution is -0.763. The summed E-state index contributed by atoms with van der Waals surface area (Å²) in [6, 6.07) is 26.8. The molecule has 5 N–H and O–H groups in total. The summed E-state index contributed by atoms with van der Waals surface area (Å²) in [7, 11) is 0. The maximum absolute atomic E-state index is 12.4. The zero-order chi connectivity index (χ0) is 36.5. The van der Waals surface area contributed by atoms with Crippen LogP contribution in [-0.2, 0) is 34.1 Å². The third-order valence-corrected chi connectivity index (χ3v) is 7.70. The van der Waals surface area contributed by atoms with Crippen LogP contribution >= 0.6 is 0 Å². The van der Waals surface area contributed by atoms with Crippen LogP contribution in [0.3, 0.4) is 0 Å². The second kappa shape index (κ2) is 16.1. The summed E-state index contributed by atoms with van der Waals surface area (Å²) in [6.45, 7) is 3.46. The highest BCUT2D eigenvalue weighted by molar-refractivity contribution is 6.03. The average molecular weight is 698 g/mol. The number of aromatic nitrogens is 2. The van der Waals surface area contributed by atoms with Gasteiger partial charge in [-0.25, -0.2) is 15.4 Å². The van der Waals surface area contributed by atoms with E-state index in [1.54, 1.807) is 53.1 Å². The Morgan fingerprint density at radius 3 is 2.33 bits per heavy atom. The van der Waals surface area contributed by atoms with Gasteiger partial charge in [-0.1, -0.05) is 78.9 Å². The van der Waals surface area contributed by atoms with Crippen molar-refractivity contribution in [2.45, 2.75) is 39.8 Å². The highest BCUT2D eigenvalue weighted by atomic mass is 16.9. The normalized spacial score (nSPS) is 11.9. The molecule has 1 atom stereocenters. The predicted octanol–water partition coefficient (Wildman–Crippen LogP) is 5.05. The third kappa shape index (κ3) is 8.68. The van der Waals surface area contributed by atoms with E-state index < -0.39 is 23.4 Å². The lowest BCUT2D eigenvalue weighted by Crippen LogP contribution is -2.40. The molecular formula is C35H35N7O9. The minimum atomic E-state index is -1.09. The van der Waals surface area contributed by atoms with Crippen molar-refractivity contribution >= 4 is 29.0 Å². The highest BCUT2D eigenvalue weighted by Gasteiger charge is 2.20. The number of carboxylic acids is 1. The molecule has 4 aromatic carbocycles. The van der Waals surface area contributed by atoms with Crippen molar-refractivity contribution in [1.29, 1.82) is 0 Å². The fourth-order valence-corrected chi connectivity index (χ4v) is 5.24. The Kier molecular flexibility index (Phi) is 11.3. The van der Waals surface area contributed by atoms with E-state index in [2.05, 4.69) is 14.9 Å².